The number of amides is 1. The van der Waals surface area contributed by atoms with Gasteiger partial charge in [0.25, 0.3) is 5.91 Å². The lowest BCUT2D eigenvalue weighted by atomic mass is 10.0. The normalized spacial score (nSPS) is 9.68. The first-order valence-corrected chi connectivity index (χ1v) is 6.10. The lowest BCUT2D eigenvalue weighted by Gasteiger charge is -2.08. The second-order valence-electron chi connectivity index (χ2n) is 3.96. The number of hydrogen-bond acceptors (Lipinski definition) is 2. The Morgan fingerprint density at radius 1 is 1.21 bits per heavy atom. The Kier molecular flexibility index (Phi) is 4.17. The molecule has 2 rings (SSSR count). The maximum Gasteiger partial charge on any atom is 0.255 e. The van der Waals surface area contributed by atoms with Crippen LogP contribution < -0.4 is 5.32 Å². The summed E-state index contributed by atoms with van der Waals surface area (Å²) in [6.07, 6.45) is 0.207. The third-order valence-electron chi connectivity index (χ3n) is 2.61. The molecule has 0 saturated carbocycles. The first-order valence-electron chi connectivity index (χ1n) is 5.72. The highest BCUT2D eigenvalue weighted by molar-refractivity contribution is 6.31. The van der Waals surface area contributed by atoms with E-state index in [2.05, 4.69) is 11.4 Å². The van der Waals surface area contributed by atoms with Crippen LogP contribution in [0.4, 0.5) is 5.69 Å². The van der Waals surface area contributed by atoms with Crippen molar-refractivity contribution in [2.24, 2.45) is 0 Å². The van der Waals surface area contributed by atoms with E-state index in [4.69, 9.17) is 16.9 Å². The molecule has 0 spiro atoms. The number of hydrogen-bond donors (Lipinski definition) is 1. The molecule has 1 amide bonds. The summed E-state index contributed by atoms with van der Waals surface area (Å²) in [5.41, 5.74) is 1.85. The molecule has 0 aliphatic carbocycles. The van der Waals surface area contributed by atoms with Crippen LogP contribution in [0.3, 0.4) is 0 Å². The molecule has 0 aromatic heterocycles. The number of nitrogens with zero attached hydrogens (tertiary/aromatic N) is 1. The second-order valence-corrected chi connectivity index (χ2v) is 4.39. The number of carbonyl (C=O) groups is 1. The molecule has 3 nitrogen and oxygen atoms in total. The van der Waals surface area contributed by atoms with Crippen molar-refractivity contribution in [1.82, 2.24) is 0 Å². The number of halogens is 1. The zero-order valence-corrected chi connectivity index (χ0v) is 10.8. The molecular weight excluding hydrogens is 260 g/mol. The molecule has 2 aromatic carbocycles. The number of carbonyl (C=O) groups excluding carboxylic acids is 1. The summed E-state index contributed by atoms with van der Waals surface area (Å²) >= 11 is 5.86. The average Bonchev–Trinajstić information content (AvgIpc) is 2.39. The van der Waals surface area contributed by atoms with Crippen molar-refractivity contribution < 1.29 is 4.79 Å². The van der Waals surface area contributed by atoms with Gasteiger partial charge in [0.1, 0.15) is 0 Å². The van der Waals surface area contributed by atoms with Crippen LogP contribution in [-0.4, -0.2) is 5.91 Å². The first-order chi connectivity index (χ1) is 9.20. The van der Waals surface area contributed by atoms with Crippen LogP contribution in [0.2, 0.25) is 5.02 Å². The van der Waals surface area contributed by atoms with Gasteiger partial charge >= 0.3 is 0 Å². The largest absolute Gasteiger partial charge is 0.322 e. The highest BCUT2D eigenvalue weighted by atomic mass is 35.5. The zero-order chi connectivity index (χ0) is 13.7. The number of rotatable bonds is 3. The minimum Gasteiger partial charge on any atom is -0.322 e. The molecule has 0 unspecified atom stereocenters. The molecule has 19 heavy (non-hydrogen) atoms. The van der Waals surface area contributed by atoms with Crippen LogP contribution in [0.5, 0.6) is 0 Å². The highest BCUT2D eigenvalue weighted by Crippen LogP contribution is 2.17. The number of anilines is 1. The van der Waals surface area contributed by atoms with Crippen molar-refractivity contribution in [3.05, 3.63) is 64.7 Å². The Morgan fingerprint density at radius 2 is 2.00 bits per heavy atom. The zero-order valence-electron chi connectivity index (χ0n) is 10.1. The molecular formula is C15H11ClN2O. The standard InChI is InChI=1S/C15H11ClN2O/c16-12-5-3-6-13(10-12)18-15(19)14-7-2-1-4-11(14)8-9-17/h1-7,10H,8H2,(H,18,19). The van der Waals surface area contributed by atoms with Gasteiger partial charge in [-0.2, -0.15) is 5.26 Å². The predicted molar refractivity (Wildman–Crippen MR) is 75.2 cm³/mol. The monoisotopic (exact) mass is 270 g/mol. The van der Waals surface area contributed by atoms with Crippen molar-refractivity contribution in [3.63, 3.8) is 0 Å². The third-order valence-corrected chi connectivity index (χ3v) is 2.85. The SMILES string of the molecule is N#CCc1ccccc1C(=O)Nc1cccc(Cl)c1. The van der Waals surface area contributed by atoms with E-state index < -0.39 is 0 Å². The van der Waals surface area contributed by atoms with Gasteiger partial charge in [0, 0.05) is 16.3 Å². The van der Waals surface area contributed by atoms with Gasteiger partial charge in [0.15, 0.2) is 0 Å². The van der Waals surface area contributed by atoms with Crippen molar-refractivity contribution in [2.45, 2.75) is 6.42 Å². The lowest BCUT2D eigenvalue weighted by Crippen LogP contribution is -2.14. The van der Waals surface area contributed by atoms with Crippen LogP contribution in [0.15, 0.2) is 48.5 Å². The third kappa shape index (κ3) is 3.34. The molecule has 0 saturated heterocycles. The van der Waals surface area contributed by atoms with Crippen LogP contribution in [0.25, 0.3) is 0 Å². The Labute approximate surface area is 116 Å². The molecule has 0 fully saturated rings. The van der Waals surface area contributed by atoms with E-state index in [1.807, 2.05) is 6.07 Å². The van der Waals surface area contributed by atoms with Crippen molar-refractivity contribution in [1.29, 1.82) is 5.26 Å². The molecule has 4 heteroatoms. The predicted octanol–water partition coefficient (Wildman–Crippen LogP) is 3.66. The highest BCUT2D eigenvalue weighted by Gasteiger charge is 2.10. The second kappa shape index (κ2) is 6.03. The minimum atomic E-state index is -0.242. The fourth-order valence-electron chi connectivity index (χ4n) is 1.75. The van der Waals surface area contributed by atoms with Gasteiger partial charge in [-0.25, -0.2) is 0 Å². The van der Waals surface area contributed by atoms with Gasteiger partial charge < -0.3 is 5.32 Å². The molecule has 94 valence electrons. The summed E-state index contributed by atoms with van der Waals surface area (Å²) in [5, 5.41) is 12.1. The van der Waals surface area contributed by atoms with Gasteiger partial charge in [0.05, 0.1) is 12.5 Å². The van der Waals surface area contributed by atoms with Gasteiger partial charge in [-0.1, -0.05) is 35.9 Å². The Balaban J connectivity index is 2.23. The summed E-state index contributed by atoms with van der Waals surface area (Å²) in [6, 6.07) is 16.0. The van der Waals surface area contributed by atoms with E-state index in [1.54, 1.807) is 42.5 Å². The van der Waals surface area contributed by atoms with Gasteiger partial charge in [-0.05, 0) is 29.8 Å². The molecule has 0 heterocycles. The Morgan fingerprint density at radius 3 is 2.74 bits per heavy atom. The summed E-state index contributed by atoms with van der Waals surface area (Å²) < 4.78 is 0. The molecule has 0 radical (unpaired) electrons. The summed E-state index contributed by atoms with van der Waals surface area (Å²) in [4.78, 5) is 12.2. The van der Waals surface area contributed by atoms with E-state index in [0.29, 0.717) is 21.8 Å². The van der Waals surface area contributed by atoms with Crippen LogP contribution in [0, 0.1) is 11.3 Å². The molecule has 2 aromatic rings. The minimum absolute atomic E-state index is 0.207. The average molecular weight is 271 g/mol. The molecule has 0 aliphatic rings. The van der Waals surface area contributed by atoms with E-state index in [1.165, 1.54) is 0 Å². The molecule has 1 N–H and O–H groups in total. The summed E-state index contributed by atoms with van der Waals surface area (Å²) in [5.74, 6) is -0.242. The first kappa shape index (κ1) is 13.1. The Bertz CT molecular complexity index is 647. The molecule has 0 bridgehead atoms. The van der Waals surface area contributed by atoms with E-state index in [9.17, 15) is 4.79 Å². The van der Waals surface area contributed by atoms with Gasteiger partial charge in [-0.15, -0.1) is 0 Å². The maximum atomic E-state index is 12.2. The van der Waals surface area contributed by atoms with Crippen molar-refractivity contribution >= 4 is 23.2 Å². The van der Waals surface area contributed by atoms with Crippen LogP contribution in [0.1, 0.15) is 15.9 Å². The maximum absolute atomic E-state index is 12.2. The smallest absolute Gasteiger partial charge is 0.255 e. The number of benzene rings is 2. The van der Waals surface area contributed by atoms with Crippen molar-refractivity contribution in [3.8, 4) is 6.07 Å². The summed E-state index contributed by atoms with van der Waals surface area (Å²) in [6.45, 7) is 0. The fraction of sp³-hybridized carbons (Fsp3) is 0.0667. The van der Waals surface area contributed by atoms with E-state index >= 15 is 0 Å². The topological polar surface area (TPSA) is 52.9 Å². The van der Waals surface area contributed by atoms with Crippen LogP contribution >= 0.6 is 11.6 Å². The number of nitrogens with one attached hydrogen (secondary N) is 1. The fourth-order valence-corrected chi connectivity index (χ4v) is 1.94. The van der Waals surface area contributed by atoms with Crippen LogP contribution in [-0.2, 0) is 6.42 Å². The van der Waals surface area contributed by atoms with E-state index in [-0.39, 0.29) is 12.3 Å². The van der Waals surface area contributed by atoms with Gasteiger partial charge in [-0.3, -0.25) is 4.79 Å². The lowest BCUT2D eigenvalue weighted by molar-refractivity contribution is 0.102. The Hall–Kier alpha value is -2.31. The van der Waals surface area contributed by atoms with Crippen molar-refractivity contribution in [2.75, 3.05) is 5.32 Å². The number of nitriles is 1. The molecule has 0 aliphatic heterocycles. The molecule has 0 atom stereocenters. The quantitative estimate of drug-likeness (QED) is 0.925. The summed E-state index contributed by atoms with van der Waals surface area (Å²) in [7, 11) is 0. The van der Waals surface area contributed by atoms with Gasteiger partial charge in [0.2, 0.25) is 0 Å². The van der Waals surface area contributed by atoms with E-state index in [0.717, 1.165) is 0 Å².